The predicted molar refractivity (Wildman–Crippen MR) is 101 cm³/mol. The van der Waals surface area contributed by atoms with E-state index in [2.05, 4.69) is 10.6 Å². The SMILES string of the molecule is CC(C)(C)C(NC(=O)CNC(=O)OCc1ccccc1)c1ccc(F)cc1. The molecule has 5 nitrogen and oxygen atoms in total. The summed E-state index contributed by atoms with van der Waals surface area (Å²) >= 11 is 0. The van der Waals surface area contributed by atoms with E-state index in [-0.39, 0.29) is 36.3 Å². The Morgan fingerprint density at radius 2 is 1.67 bits per heavy atom. The summed E-state index contributed by atoms with van der Waals surface area (Å²) in [6.07, 6.45) is -0.664. The molecule has 2 rings (SSSR count). The van der Waals surface area contributed by atoms with Crippen molar-refractivity contribution in [1.82, 2.24) is 10.6 Å². The molecule has 0 aliphatic rings. The minimum atomic E-state index is -0.664. The first-order valence-electron chi connectivity index (χ1n) is 8.75. The highest BCUT2D eigenvalue weighted by Crippen LogP contribution is 2.32. The second-order valence-electron chi connectivity index (χ2n) is 7.33. The van der Waals surface area contributed by atoms with E-state index in [1.165, 1.54) is 12.1 Å². The number of halogens is 1. The molecule has 0 heterocycles. The number of alkyl carbamates (subject to hydrolysis) is 1. The van der Waals surface area contributed by atoms with Gasteiger partial charge in [0.2, 0.25) is 5.91 Å². The number of ether oxygens (including phenoxy) is 1. The molecule has 27 heavy (non-hydrogen) atoms. The molecule has 2 N–H and O–H groups in total. The van der Waals surface area contributed by atoms with Crippen molar-refractivity contribution in [2.24, 2.45) is 5.41 Å². The number of rotatable bonds is 6. The average Bonchev–Trinajstić information content (AvgIpc) is 2.63. The summed E-state index contributed by atoms with van der Waals surface area (Å²) in [5.74, 6) is -0.684. The van der Waals surface area contributed by atoms with Crippen molar-refractivity contribution in [2.75, 3.05) is 6.54 Å². The molecule has 2 amide bonds. The number of carbonyl (C=O) groups excluding carboxylic acids is 2. The van der Waals surface area contributed by atoms with Gasteiger partial charge in [-0.1, -0.05) is 63.2 Å². The molecule has 144 valence electrons. The number of hydrogen-bond acceptors (Lipinski definition) is 3. The Morgan fingerprint density at radius 1 is 1.04 bits per heavy atom. The van der Waals surface area contributed by atoms with Gasteiger partial charge in [0.1, 0.15) is 19.0 Å². The Morgan fingerprint density at radius 3 is 2.26 bits per heavy atom. The molecule has 0 fully saturated rings. The number of benzene rings is 2. The molecular weight excluding hydrogens is 347 g/mol. The molecule has 1 atom stereocenters. The highest BCUT2D eigenvalue weighted by molar-refractivity contribution is 5.82. The second kappa shape index (κ2) is 9.16. The summed E-state index contributed by atoms with van der Waals surface area (Å²) in [5.41, 5.74) is 1.37. The molecular formula is C21H25FN2O3. The highest BCUT2D eigenvalue weighted by Gasteiger charge is 2.28. The normalized spacial score (nSPS) is 12.1. The topological polar surface area (TPSA) is 67.4 Å². The van der Waals surface area contributed by atoms with Gasteiger partial charge in [-0.3, -0.25) is 4.79 Å². The Balaban J connectivity index is 1.86. The minimum Gasteiger partial charge on any atom is -0.445 e. The molecule has 2 aromatic rings. The maximum atomic E-state index is 13.2. The quantitative estimate of drug-likeness (QED) is 0.807. The lowest BCUT2D eigenvalue weighted by atomic mass is 9.82. The van der Waals surface area contributed by atoms with Crippen LogP contribution in [0.1, 0.15) is 37.9 Å². The fraction of sp³-hybridized carbons (Fsp3) is 0.333. The summed E-state index contributed by atoms with van der Waals surface area (Å²) in [6, 6.07) is 15.0. The summed E-state index contributed by atoms with van der Waals surface area (Å²) in [7, 11) is 0. The molecule has 0 radical (unpaired) electrons. The smallest absolute Gasteiger partial charge is 0.407 e. The third-order valence-corrected chi connectivity index (χ3v) is 3.98. The molecule has 1 unspecified atom stereocenters. The zero-order chi connectivity index (χ0) is 19.9. The van der Waals surface area contributed by atoms with Crippen LogP contribution in [0, 0.1) is 11.2 Å². The van der Waals surface area contributed by atoms with Gasteiger partial charge in [0.15, 0.2) is 0 Å². The molecule has 2 aromatic carbocycles. The molecule has 6 heteroatoms. The third-order valence-electron chi connectivity index (χ3n) is 3.98. The van der Waals surface area contributed by atoms with Crippen LogP contribution in [0.15, 0.2) is 54.6 Å². The van der Waals surface area contributed by atoms with Crippen LogP contribution >= 0.6 is 0 Å². The van der Waals surface area contributed by atoms with Gasteiger partial charge in [0.05, 0.1) is 6.04 Å². The minimum absolute atomic E-state index is 0.133. The van der Waals surface area contributed by atoms with Crippen molar-refractivity contribution in [2.45, 2.75) is 33.4 Å². The van der Waals surface area contributed by atoms with Crippen LogP contribution in [-0.2, 0) is 16.1 Å². The van der Waals surface area contributed by atoms with Gasteiger partial charge in [-0.25, -0.2) is 9.18 Å². The van der Waals surface area contributed by atoms with Crippen molar-refractivity contribution in [3.63, 3.8) is 0 Å². The molecule has 0 spiro atoms. The zero-order valence-corrected chi connectivity index (χ0v) is 15.8. The fourth-order valence-electron chi connectivity index (χ4n) is 2.59. The number of hydrogen-bond donors (Lipinski definition) is 2. The maximum Gasteiger partial charge on any atom is 0.407 e. The zero-order valence-electron chi connectivity index (χ0n) is 15.8. The van der Waals surface area contributed by atoms with Crippen LogP contribution in [0.4, 0.5) is 9.18 Å². The largest absolute Gasteiger partial charge is 0.445 e. The molecule has 0 aromatic heterocycles. The van der Waals surface area contributed by atoms with Gasteiger partial charge in [0, 0.05) is 0 Å². The van der Waals surface area contributed by atoms with E-state index in [1.54, 1.807) is 12.1 Å². The van der Waals surface area contributed by atoms with E-state index in [4.69, 9.17) is 4.74 Å². The van der Waals surface area contributed by atoms with Crippen molar-refractivity contribution < 1.29 is 18.7 Å². The van der Waals surface area contributed by atoms with Crippen LogP contribution in [0.2, 0.25) is 0 Å². The Labute approximate surface area is 158 Å². The molecule has 0 saturated heterocycles. The second-order valence-corrected chi connectivity index (χ2v) is 7.33. The maximum absolute atomic E-state index is 13.2. The van der Waals surface area contributed by atoms with Gasteiger partial charge >= 0.3 is 6.09 Å². The van der Waals surface area contributed by atoms with Crippen LogP contribution in [0.5, 0.6) is 0 Å². The van der Waals surface area contributed by atoms with Crippen LogP contribution in [-0.4, -0.2) is 18.5 Å². The van der Waals surface area contributed by atoms with E-state index >= 15 is 0 Å². The van der Waals surface area contributed by atoms with Gasteiger partial charge in [-0.15, -0.1) is 0 Å². The van der Waals surface area contributed by atoms with Gasteiger partial charge in [0.25, 0.3) is 0 Å². The summed E-state index contributed by atoms with van der Waals surface area (Å²) in [4.78, 5) is 24.0. The first-order chi connectivity index (χ1) is 12.8. The summed E-state index contributed by atoms with van der Waals surface area (Å²) in [5, 5.41) is 5.33. The van der Waals surface area contributed by atoms with Crippen LogP contribution in [0.3, 0.4) is 0 Å². The Hall–Kier alpha value is -2.89. The molecule has 0 saturated carbocycles. The summed E-state index contributed by atoms with van der Waals surface area (Å²) in [6.45, 7) is 5.85. The fourth-order valence-corrected chi connectivity index (χ4v) is 2.59. The number of nitrogens with one attached hydrogen (secondary N) is 2. The van der Waals surface area contributed by atoms with E-state index in [0.717, 1.165) is 11.1 Å². The molecule has 0 aliphatic carbocycles. The first-order valence-corrected chi connectivity index (χ1v) is 8.75. The Bertz CT molecular complexity index is 755. The lowest BCUT2D eigenvalue weighted by Crippen LogP contribution is -2.42. The van der Waals surface area contributed by atoms with Gasteiger partial charge in [-0.2, -0.15) is 0 Å². The van der Waals surface area contributed by atoms with E-state index < -0.39 is 6.09 Å². The van der Waals surface area contributed by atoms with Crippen molar-refractivity contribution >= 4 is 12.0 Å². The van der Waals surface area contributed by atoms with Crippen LogP contribution < -0.4 is 10.6 Å². The van der Waals surface area contributed by atoms with Crippen molar-refractivity contribution in [3.8, 4) is 0 Å². The first kappa shape index (κ1) is 20.4. The number of carbonyl (C=O) groups is 2. The van der Waals surface area contributed by atoms with E-state index in [1.807, 2.05) is 51.1 Å². The lowest BCUT2D eigenvalue weighted by molar-refractivity contribution is -0.121. The predicted octanol–water partition coefficient (Wildman–Crippen LogP) is 3.96. The van der Waals surface area contributed by atoms with Gasteiger partial charge < -0.3 is 15.4 Å². The van der Waals surface area contributed by atoms with E-state index in [0.29, 0.717) is 0 Å². The van der Waals surface area contributed by atoms with Crippen molar-refractivity contribution in [1.29, 1.82) is 0 Å². The van der Waals surface area contributed by atoms with Crippen molar-refractivity contribution in [3.05, 3.63) is 71.5 Å². The average molecular weight is 372 g/mol. The lowest BCUT2D eigenvalue weighted by Gasteiger charge is -2.32. The van der Waals surface area contributed by atoms with Crippen LogP contribution in [0.25, 0.3) is 0 Å². The summed E-state index contributed by atoms with van der Waals surface area (Å²) < 4.78 is 18.2. The Kier molecular flexibility index (Phi) is 6.93. The monoisotopic (exact) mass is 372 g/mol. The van der Waals surface area contributed by atoms with E-state index in [9.17, 15) is 14.0 Å². The molecule has 0 aliphatic heterocycles. The van der Waals surface area contributed by atoms with Gasteiger partial charge in [-0.05, 0) is 28.7 Å². The highest BCUT2D eigenvalue weighted by atomic mass is 19.1. The standard InChI is InChI=1S/C21H25FN2O3/c1-21(2,3)19(16-9-11-17(22)12-10-16)24-18(25)13-23-20(26)27-14-15-7-5-4-6-8-15/h4-12,19H,13-14H2,1-3H3,(H,23,26)(H,24,25). The third kappa shape index (κ3) is 6.73. The molecule has 0 bridgehead atoms. The number of amides is 2.